The van der Waals surface area contributed by atoms with Crippen molar-refractivity contribution in [2.24, 2.45) is 22.2 Å². The molecule has 1 saturated heterocycles. The first-order valence-corrected chi connectivity index (χ1v) is 4.56. The van der Waals surface area contributed by atoms with Crippen LogP contribution in [0, 0.1) is 11.3 Å². The molecule has 0 aromatic carbocycles. The molecule has 0 aromatic rings. The highest BCUT2D eigenvalue weighted by atomic mass is 16.5. The fraction of sp³-hybridized carbons (Fsp3) is 0.889. The topological polar surface area (TPSA) is 67.8 Å². The third-order valence-corrected chi connectivity index (χ3v) is 2.44. The fourth-order valence-electron chi connectivity index (χ4n) is 1.82. The molecule has 1 heterocycles. The van der Waals surface area contributed by atoms with E-state index in [1.807, 2.05) is 0 Å². The molecule has 76 valence electrons. The summed E-state index contributed by atoms with van der Waals surface area (Å²) in [6, 6.07) is 0. The van der Waals surface area contributed by atoms with E-state index in [4.69, 9.17) is 15.7 Å². The van der Waals surface area contributed by atoms with E-state index in [0.29, 0.717) is 6.61 Å². The minimum Gasteiger partial charge on any atom is -0.409 e. The van der Waals surface area contributed by atoms with Crippen LogP contribution in [-0.4, -0.2) is 23.8 Å². The number of nitrogens with two attached hydrogens (primary N) is 1. The zero-order chi connectivity index (χ0) is 10.1. The van der Waals surface area contributed by atoms with Gasteiger partial charge in [-0.15, -0.1) is 0 Å². The third kappa shape index (κ3) is 2.12. The summed E-state index contributed by atoms with van der Waals surface area (Å²) < 4.78 is 5.58. The first kappa shape index (κ1) is 10.3. The molecule has 1 fully saturated rings. The summed E-state index contributed by atoms with van der Waals surface area (Å²) in [5, 5.41) is 11.6. The van der Waals surface area contributed by atoms with Gasteiger partial charge in [-0.25, -0.2) is 0 Å². The number of oxime groups is 1. The molecule has 3 N–H and O–H groups in total. The van der Waals surface area contributed by atoms with Crippen LogP contribution in [0.4, 0.5) is 0 Å². The molecule has 1 aliphatic rings. The normalized spacial score (nSPS) is 30.8. The summed E-state index contributed by atoms with van der Waals surface area (Å²) in [5.74, 6) is 0.349. The molecule has 0 spiro atoms. The Morgan fingerprint density at radius 2 is 2.15 bits per heavy atom. The van der Waals surface area contributed by atoms with Gasteiger partial charge >= 0.3 is 0 Å². The Morgan fingerprint density at radius 1 is 1.54 bits per heavy atom. The van der Waals surface area contributed by atoms with Crippen LogP contribution in [0.15, 0.2) is 5.16 Å². The van der Waals surface area contributed by atoms with Crippen LogP contribution >= 0.6 is 0 Å². The predicted octanol–water partition coefficient (Wildman–Crippen LogP) is 1.18. The van der Waals surface area contributed by atoms with Gasteiger partial charge in [-0.2, -0.15) is 0 Å². The molecule has 2 atom stereocenters. The van der Waals surface area contributed by atoms with E-state index in [2.05, 4.69) is 25.9 Å². The van der Waals surface area contributed by atoms with Crippen molar-refractivity contribution in [3.05, 3.63) is 0 Å². The standard InChI is InChI=1S/C9H18N2O2/c1-9(2,3)7-6(4-5-13-7)8(10)11-12/h6-7,12H,4-5H2,1-3H3,(H2,10,11)/t6-,7+/m1/s1. The van der Waals surface area contributed by atoms with Gasteiger partial charge < -0.3 is 15.7 Å². The average molecular weight is 186 g/mol. The largest absolute Gasteiger partial charge is 0.409 e. The van der Waals surface area contributed by atoms with E-state index < -0.39 is 0 Å². The maximum atomic E-state index is 8.59. The lowest BCUT2D eigenvalue weighted by Crippen LogP contribution is -2.38. The third-order valence-electron chi connectivity index (χ3n) is 2.44. The van der Waals surface area contributed by atoms with Gasteiger partial charge in [0, 0.05) is 12.5 Å². The average Bonchev–Trinajstić information content (AvgIpc) is 2.49. The molecule has 4 heteroatoms. The number of ether oxygens (including phenoxy) is 1. The van der Waals surface area contributed by atoms with Crippen molar-refractivity contribution in [1.29, 1.82) is 0 Å². The highest BCUT2D eigenvalue weighted by Gasteiger charge is 2.39. The summed E-state index contributed by atoms with van der Waals surface area (Å²) in [5.41, 5.74) is 5.62. The molecular weight excluding hydrogens is 168 g/mol. The minimum absolute atomic E-state index is 0.0382. The summed E-state index contributed by atoms with van der Waals surface area (Å²) in [6.07, 6.45) is 0.904. The molecule has 0 saturated carbocycles. The molecular formula is C9H18N2O2. The van der Waals surface area contributed by atoms with Crippen LogP contribution in [0.1, 0.15) is 27.2 Å². The second-order valence-corrected chi connectivity index (χ2v) is 4.58. The number of rotatable bonds is 1. The van der Waals surface area contributed by atoms with Crippen LogP contribution in [0.5, 0.6) is 0 Å². The van der Waals surface area contributed by atoms with Crippen LogP contribution in [0.25, 0.3) is 0 Å². The van der Waals surface area contributed by atoms with Crippen LogP contribution < -0.4 is 5.73 Å². The van der Waals surface area contributed by atoms with Crippen molar-refractivity contribution >= 4 is 5.84 Å². The predicted molar refractivity (Wildman–Crippen MR) is 50.7 cm³/mol. The van der Waals surface area contributed by atoms with Gasteiger partial charge in [0.2, 0.25) is 0 Å². The smallest absolute Gasteiger partial charge is 0.144 e. The van der Waals surface area contributed by atoms with Crippen LogP contribution in [0.2, 0.25) is 0 Å². The molecule has 4 nitrogen and oxygen atoms in total. The first-order valence-electron chi connectivity index (χ1n) is 4.56. The fourth-order valence-corrected chi connectivity index (χ4v) is 1.82. The Kier molecular flexibility index (Phi) is 2.81. The second kappa shape index (κ2) is 3.54. The molecule has 0 unspecified atom stereocenters. The van der Waals surface area contributed by atoms with Crippen LogP contribution in [-0.2, 0) is 4.74 Å². The van der Waals surface area contributed by atoms with Gasteiger partial charge in [0.05, 0.1) is 6.10 Å². The van der Waals surface area contributed by atoms with E-state index >= 15 is 0 Å². The summed E-state index contributed by atoms with van der Waals surface area (Å²) in [6.45, 7) is 6.99. The molecule has 1 aliphatic heterocycles. The lowest BCUT2D eigenvalue weighted by molar-refractivity contribution is 0.0181. The van der Waals surface area contributed by atoms with E-state index in [1.165, 1.54) is 0 Å². The molecule has 0 radical (unpaired) electrons. The number of hydrogen-bond acceptors (Lipinski definition) is 3. The van der Waals surface area contributed by atoms with Crippen molar-refractivity contribution in [2.45, 2.75) is 33.3 Å². The van der Waals surface area contributed by atoms with Gasteiger partial charge in [-0.05, 0) is 11.8 Å². The van der Waals surface area contributed by atoms with Crippen LogP contribution in [0.3, 0.4) is 0 Å². The highest BCUT2D eigenvalue weighted by Crippen LogP contribution is 2.34. The van der Waals surface area contributed by atoms with Crippen molar-refractivity contribution in [3.8, 4) is 0 Å². The summed E-state index contributed by atoms with van der Waals surface area (Å²) in [7, 11) is 0. The number of amidine groups is 1. The summed E-state index contributed by atoms with van der Waals surface area (Å²) >= 11 is 0. The Hall–Kier alpha value is -0.770. The number of nitrogens with zero attached hydrogens (tertiary/aromatic N) is 1. The van der Waals surface area contributed by atoms with Gasteiger partial charge in [0.1, 0.15) is 5.84 Å². The summed E-state index contributed by atoms with van der Waals surface area (Å²) in [4.78, 5) is 0. The maximum absolute atomic E-state index is 8.59. The Labute approximate surface area is 78.7 Å². The SMILES string of the molecule is CC(C)(C)[C@H]1OCC[C@H]1/C(N)=N\O. The maximum Gasteiger partial charge on any atom is 0.144 e. The van der Waals surface area contributed by atoms with Gasteiger partial charge in [0.25, 0.3) is 0 Å². The molecule has 13 heavy (non-hydrogen) atoms. The molecule has 0 aromatic heterocycles. The quantitative estimate of drug-likeness (QED) is 0.280. The monoisotopic (exact) mass is 186 g/mol. The van der Waals surface area contributed by atoms with Crippen molar-refractivity contribution in [1.82, 2.24) is 0 Å². The Balaban J connectivity index is 2.76. The van der Waals surface area contributed by atoms with Crippen molar-refractivity contribution in [2.75, 3.05) is 6.61 Å². The number of hydrogen-bond donors (Lipinski definition) is 2. The zero-order valence-corrected chi connectivity index (χ0v) is 8.45. The lowest BCUT2D eigenvalue weighted by atomic mass is 9.81. The lowest BCUT2D eigenvalue weighted by Gasteiger charge is -2.30. The molecule has 0 aliphatic carbocycles. The molecule has 0 bridgehead atoms. The minimum atomic E-state index is 0.0382. The molecule has 1 rings (SSSR count). The second-order valence-electron chi connectivity index (χ2n) is 4.58. The van der Waals surface area contributed by atoms with E-state index in [9.17, 15) is 0 Å². The van der Waals surface area contributed by atoms with E-state index in [-0.39, 0.29) is 23.3 Å². The Bertz CT molecular complexity index is 208. The van der Waals surface area contributed by atoms with Gasteiger partial charge in [-0.3, -0.25) is 0 Å². The molecule has 0 amide bonds. The van der Waals surface area contributed by atoms with Gasteiger partial charge in [0.15, 0.2) is 0 Å². The zero-order valence-electron chi connectivity index (χ0n) is 8.45. The Morgan fingerprint density at radius 3 is 2.62 bits per heavy atom. The van der Waals surface area contributed by atoms with Crippen molar-refractivity contribution in [3.63, 3.8) is 0 Å². The van der Waals surface area contributed by atoms with E-state index in [0.717, 1.165) is 6.42 Å². The van der Waals surface area contributed by atoms with Gasteiger partial charge in [-0.1, -0.05) is 25.9 Å². The highest BCUT2D eigenvalue weighted by molar-refractivity contribution is 5.83. The van der Waals surface area contributed by atoms with E-state index in [1.54, 1.807) is 0 Å². The van der Waals surface area contributed by atoms with Crippen molar-refractivity contribution < 1.29 is 9.94 Å². The first-order chi connectivity index (χ1) is 5.96.